The molecule has 146 valence electrons. The van der Waals surface area contributed by atoms with E-state index < -0.39 is 17.2 Å². The third-order valence-corrected chi connectivity index (χ3v) is 4.37. The van der Waals surface area contributed by atoms with Crippen molar-refractivity contribution >= 4 is 22.8 Å². The molecule has 9 heteroatoms. The highest BCUT2D eigenvalue weighted by Crippen LogP contribution is 2.09. The summed E-state index contributed by atoms with van der Waals surface area (Å²) in [6, 6.07) is 13.9. The van der Waals surface area contributed by atoms with Gasteiger partial charge in [0.25, 0.3) is 5.56 Å². The molecule has 4 rings (SSSR count). The normalized spacial score (nSPS) is 10.9. The zero-order valence-corrected chi connectivity index (χ0v) is 15.5. The molecule has 0 unspecified atom stereocenters. The first-order valence-electron chi connectivity index (χ1n) is 8.88. The quantitative estimate of drug-likeness (QED) is 0.552. The number of nitrogens with one attached hydrogen (secondary N) is 1. The van der Waals surface area contributed by atoms with Gasteiger partial charge in [0, 0.05) is 12.3 Å². The molecule has 0 aliphatic heterocycles. The molecule has 0 spiro atoms. The van der Waals surface area contributed by atoms with Crippen LogP contribution in [0, 0.1) is 6.92 Å². The van der Waals surface area contributed by atoms with E-state index in [-0.39, 0.29) is 24.4 Å². The highest BCUT2D eigenvalue weighted by atomic mass is 16.5. The number of carbonyl (C=O) groups is 1. The Hall–Kier alpha value is -4.01. The summed E-state index contributed by atoms with van der Waals surface area (Å²) in [4.78, 5) is 42.5. The van der Waals surface area contributed by atoms with Crippen LogP contribution < -0.4 is 16.6 Å². The molecule has 0 aliphatic carbocycles. The SMILES string of the molecule is Cc1cc(NC(=O)Cn2c(=O)n(Cc3ccccc3)c(=O)c3ncccc32)no1. The van der Waals surface area contributed by atoms with Crippen LogP contribution in [0.2, 0.25) is 0 Å². The van der Waals surface area contributed by atoms with E-state index >= 15 is 0 Å². The highest BCUT2D eigenvalue weighted by molar-refractivity contribution is 5.90. The summed E-state index contributed by atoms with van der Waals surface area (Å²) in [6.45, 7) is 1.48. The molecule has 0 bridgehead atoms. The van der Waals surface area contributed by atoms with Crippen LogP contribution in [0.3, 0.4) is 0 Å². The molecule has 0 radical (unpaired) electrons. The van der Waals surface area contributed by atoms with E-state index in [0.717, 1.165) is 10.1 Å². The molecule has 0 aliphatic rings. The molecule has 3 aromatic heterocycles. The molecule has 0 saturated heterocycles. The van der Waals surface area contributed by atoms with Crippen LogP contribution in [-0.4, -0.2) is 25.2 Å². The Labute approximate surface area is 164 Å². The second kappa shape index (κ2) is 7.55. The molecule has 29 heavy (non-hydrogen) atoms. The number of benzene rings is 1. The van der Waals surface area contributed by atoms with Crippen LogP contribution in [0.15, 0.2) is 68.8 Å². The maximum Gasteiger partial charge on any atom is 0.332 e. The van der Waals surface area contributed by atoms with Crippen LogP contribution in [-0.2, 0) is 17.9 Å². The average Bonchev–Trinajstić information content (AvgIpc) is 3.13. The van der Waals surface area contributed by atoms with Crippen molar-refractivity contribution in [2.45, 2.75) is 20.0 Å². The number of pyridine rings is 1. The van der Waals surface area contributed by atoms with Gasteiger partial charge in [0.05, 0.1) is 12.1 Å². The van der Waals surface area contributed by atoms with Gasteiger partial charge in [-0.15, -0.1) is 0 Å². The summed E-state index contributed by atoms with van der Waals surface area (Å²) < 4.78 is 7.23. The molecular formula is C20H17N5O4. The smallest absolute Gasteiger partial charge is 0.332 e. The number of aryl methyl sites for hydroxylation is 1. The van der Waals surface area contributed by atoms with E-state index in [0.29, 0.717) is 11.3 Å². The predicted octanol–water partition coefficient (Wildman–Crippen LogP) is 1.54. The Morgan fingerprint density at radius 2 is 1.90 bits per heavy atom. The van der Waals surface area contributed by atoms with Gasteiger partial charge in [-0.05, 0) is 24.6 Å². The van der Waals surface area contributed by atoms with Crippen molar-refractivity contribution in [1.29, 1.82) is 0 Å². The lowest BCUT2D eigenvalue weighted by atomic mass is 10.2. The molecule has 1 N–H and O–H groups in total. The fourth-order valence-electron chi connectivity index (χ4n) is 3.05. The summed E-state index contributed by atoms with van der Waals surface area (Å²) >= 11 is 0. The maximum absolute atomic E-state index is 13.1. The number of hydrogen-bond acceptors (Lipinski definition) is 6. The van der Waals surface area contributed by atoms with Gasteiger partial charge in [-0.25, -0.2) is 9.78 Å². The van der Waals surface area contributed by atoms with Gasteiger partial charge < -0.3 is 9.84 Å². The zero-order valence-electron chi connectivity index (χ0n) is 15.5. The molecule has 4 aromatic rings. The van der Waals surface area contributed by atoms with Gasteiger partial charge in [0.1, 0.15) is 12.3 Å². The Morgan fingerprint density at radius 3 is 2.62 bits per heavy atom. The third-order valence-electron chi connectivity index (χ3n) is 4.37. The van der Waals surface area contributed by atoms with Gasteiger partial charge in [-0.2, -0.15) is 0 Å². The van der Waals surface area contributed by atoms with Crippen molar-refractivity contribution in [3.63, 3.8) is 0 Å². The van der Waals surface area contributed by atoms with Gasteiger partial charge in [0.2, 0.25) is 5.91 Å². The molecule has 0 atom stereocenters. The molecule has 1 aromatic carbocycles. The number of nitrogens with zero attached hydrogens (tertiary/aromatic N) is 4. The third kappa shape index (κ3) is 3.70. The Bertz CT molecular complexity index is 1300. The van der Waals surface area contributed by atoms with Crippen molar-refractivity contribution in [2.75, 3.05) is 5.32 Å². The van der Waals surface area contributed by atoms with Crippen LogP contribution in [0.4, 0.5) is 5.82 Å². The molecule has 9 nitrogen and oxygen atoms in total. The monoisotopic (exact) mass is 391 g/mol. The minimum absolute atomic E-state index is 0.0785. The number of carbonyl (C=O) groups excluding carboxylic acids is 1. The fraction of sp³-hybridized carbons (Fsp3) is 0.150. The number of anilines is 1. The number of hydrogen-bond donors (Lipinski definition) is 1. The van der Waals surface area contributed by atoms with E-state index in [4.69, 9.17) is 4.52 Å². The van der Waals surface area contributed by atoms with Crippen LogP contribution in [0.5, 0.6) is 0 Å². The molecule has 3 heterocycles. The first-order valence-corrected chi connectivity index (χ1v) is 8.88. The van der Waals surface area contributed by atoms with Gasteiger partial charge in [0.15, 0.2) is 11.3 Å². The summed E-state index contributed by atoms with van der Waals surface area (Å²) in [5, 5.41) is 6.28. The second-order valence-electron chi connectivity index (χ2n) is 6.49. The number of rotatable bonds is 5. The van der Waals surface area contributed by atoms with Gasteiger partial charge in [-0.1, -0.05) is 35.5 Å². The van der Waals surface area contributed by atoms with Gasteiger partial charge in [-0.3, -0.25) is 18.7 Å². The van der Waals surface area contributed by atoms with Crippen LogP contribution in [0.1, 0.15) is 11.3 Å². The van der Waals surface area contributed by atoms with E-state index in [1.165, 1.54) is 10.8 Å². The first kappa shape index (κ1) is 18.4. The lowest BCUT2D eigenvalue weighted by Crippen LogP contribution is -2.42. The minimum Gasteiger partial charge on any atom is -0.360 e. The molecular weight excluding hydrogens is 374 g/mol. The largest absolute Gasteiger partial charge is 0.360 e. The lowest BCUT2D eigenvalue weighted by Gasteiger charge is -2.13. The fourth-order valence-corrected chi connectivity index (χ4v) is 3.05. The van der Waals surface area contributed by atoms with E-state index in [1.54, 1.807) is 25.1 Å². The number of amides is 1. The second-order valence-corrected chi connectivity index (χ2v) is 6.49. The zero-order chi connectivity index (χ0) is 20.4. The van der Waals surface area contributed by atoms with E-state index in [1.807, 2.05) is 30.3 Å². The predicted molar refractivity (Wildman–Crippen MR) is 106 cm³/mol. The Balaban J connectivity index is 1.77. The van der Waals surface area contributed by atoms with E-state index in [2.05, 4.69) is 15.5 Å². The lowest BCUT2D eigenvalue weighted by molar-refractivity contribution is -0.116. The van der Waals surface area contributed by atoms with Crippen molar-refractivity contribution < 1.29 is 9.32 Å². The van der Waals surface area contributed by atoms with Crippen molar-refractivity contribution in [3.05, 3.63) is 86.9 Å². The van der Waals surface area contributed by atoms with E-state index in [9.17, 15) is 14.4 Å². The Kier molecular flexibility index (Phi) is 4.78. The maximum atomic E-state index is 13.1. The number of fused-ring (bicyclic) bond motifs is 1. The molecule has 1 amide bonds. The summed E-state index contributed by atoms with van der Waals surface area (Å²) in [6.07, 6.45) is 1.48. The van der Waals surface area contributed by atoms with Crippen molar-refractivity contribution in [1.82, 2.24) is 19.3 Å². The number of aromatic nitrogens is 4. The first-order chi connectivity index (χ1) is 14.0. The summed E-state index contributed by atoms with van der Waals surface area (Å²) in [7, 11) is 0. The van der Waals surface area contributed by atoms with Crippen molar-refractivity contribution in [2.24, 2.45) is 0 Å². The minimum atomic E-state index is -0.592. The molecule has 0 fully saturated rings. The molecule has 0 saturated carbocycles. The standard InChI is InChI=1S/C20H17N5O4/c1-13-10-16(23-29-13)22-17(26)12-24-15-8-5-9-21-18(15)19(27)25(20(24)28)11-14-6-3-2-4-7-14/h2-10H,11-12H2,1H3,(H,22,23,26). The summed E-state index contributed by atoms with van der Waals surface area (Å²) in [5.41, 5.74) is 0.103. The van der Waals surface area contributed by atoms with Crippen LogP contribution in [0.25, 0.3) is 11.0 Å². The van der Waals surface area contributed by atoms with Crippen LogP contribution >= 0.6 is 0 Å². The average molecular weight is 391 g/mol. The van der Waals surface area contributed by atoms with Crippen molar-refractivity contribution in [3.8, 4) is 0 Å². The Morgan fingerprint density at radius 1 is 1.10 bits per heavy atom. The highest BCUT2D eigenvalue weighted by Gasteiger charge is 2.17. The summed E-state index contributed by atoms with van der Waals surface area (Å²) in [5.74, 6) is 0.319. The topological polar surface area (TPSA) is 112 Å². The van der Waals surface area contributed by atoms with Gasteiger partial charge >= 0.3 is 5.69 Å².